The molecule has 1 aromatic heterocycles. The molecule has 1 aliphatic rings. The summed E-state index contributed by atoms with van der Waals surface area (Å²) in [7, 11) is 0. The average Bonchev–Trinajstić information content (AvgIpc) is 3.51. The number of nitrogens with one attached hydrogen (secondary N) is 1. The molecule has 9 nitrogen and oxygen atoms in total. The summed E-state index contributed by atoms with van der Waals surface area (Å²) in [6, 6.07) is 18.7. The van der Waals surface area contributed by atoms with Gasteiger partial charge in [0.15, 0.2) is 11.7 Å². The first-order valence-electron chi connectivity index (χ1n) is 11.9. The van der Waals surface area contributed by atoms with Crippen LogP contribution in [-0.4, -0.2) is 40.5 Å². The molecule has 1 saturated heterocycles. The lowest BCUT2D eigenvalue weighted by Gasteiger charge is -2.15. The summed E-state index contributed by atoms with van der Waals surface area (Å²) < 4.78 is 18.2. The number of rotatable bonds is 8. The first-order valence-corrected chi connectivity index (χ1v) is 13.7. The van der Waals surface area contributed by atoms with E-state index in [1.807, 2.05) is 6.07 Å². The van der Waals surface area contributed by atoms with E-state index in [9.17, 15) is 23.6 Å². The first kappa shape index (κ1) is 27.0. The molecule has 40 heavy (non-hydrogen) atoms. The van der Waals surface area contributed by atoms with E-state index in [1.54, 1.807) is 35.7 Å². The lowest BCUT2D eigenvalue weighted by molar-refractivity contribution is -0.121. The molecular formula is C28H21FN4O5S2. The van der Waals surface area contributed by atoms with Crippen LogP contribution in [0.25, 0.3) is 11.3 Å². The minimum atomic E-state index is -0.748. The zero-order chi connectivity index (χ0) is 28.2. The molecule has 2 heterocycles. The molecule has 0 saturated carbocycles. The van der Waals surface area contributed by atoms with Gasteiger partial charge in [-0.05, 0) is 66.7 Å². The lowest BCUT2D eigenvalue weighted by atomic mass is 10.2. The second-order valence-corrected chi connectivity index (χ2v) is 10.8. The molecule has 3 amide bonds. The zero-order valence-electron chi connectivity index (χ0n) is 20.7. The number of anilines is 3. The van der Waals surface area contributed by atoms with E-state index < -0.39 is 23.7 Å². The highest BCUT2D eigenvalue weighted by Gasteiger charge is 2.40. The van der Waals surface area contributed by atoms with E-state index in [4.69, 9.17) is 10.5 Å². The molecule has 5 rings (SSSR count). The van der Waals surface area contributed by atoms with Crippen molar-refractivity contribution in [1.29, 1.82) is 0 Å². The van der Waals surface area contributed by atoms with Crippen molar-refractivity contribution in [1.82, 2.24) is 4.98 Å². The third-order valence-corrected chi connectivity index (χ3v) is 7.76. The number of halogens is 1. The Balaban J connectivity index is 1.14. The molecule has 3 N–H and O–H groups in total. The van der Waals surface area contributed by atoms with Crippen molar-refractivity contribution in [2.75, 3.05) is 22.6 Å². The van der Waals surface area contributed by atoms with Gasteiger partial charge in [-0.2, -0.15) is 0 Å². The molecule has 0 spiro atoms. The van der Waals surface area contributed by atoms with Gasteiger partial charge >= 0.3 is 5.97 Å². The minimum Gasteiger partial charge on any atom is -0.452 e. The lowest BCUT2D eigenvalue weighted by Crippen LogP contribution is -2.31. The molecule has 1 atom stereocenters. The summed E-state index contributed by atoms with van der Waals surface area (Å²) in [5.41, 5.74) is 8.12. The normalized spacial score (nSPS) is 14.8. The maximum Gasteiger partial charge on any atom is 0.338 e. The predicted molar refractivity (Wildman–Crippen MR) is 150 cm³/mol. The Morgan fingerprint density at radius 1 is 1.10 bits per heavy atom. The highest BCUT2D eigenvalue weighted by molar-refractivity contribution is 8.00. The number of carbonyl (C=O) groups excluding carboxylic acids is 4. The molecular weight excluding hydrogens is 555 g/mol. The number of ether oxygens (including phenoxy) is 1. The van der Waals surface area contributed by atoms with Gasteiger partial charge < -0.3 is 10.5 Å². The van der Waals surface area contributed by atoms with Crippen LogP contribution in [0.3, 0.4) is 0 Å². The number of benzene rings is 3. The third kappa shape index (κ3) is 6.19. The summed E-state index contributed by atoms with van der Waals surface area (Å²) >= 11 is 2.45. The summed E-state index contributed by atoms with van der Waals surface area (Å²) in [6.45, 7) is -0.544. The van der Waals surface area contributed by atoms with E-state index in [-0.39, 0.29) is 29.6 Å². The van der Waals surface area contributed by atoms with Crippen molar-refractivity contribution in [2.45, 2.75) is 16.6 Å². The van der Waals surface area contributed by atoms with Crippen LogP contribution in [0.4, 0.5) is 20.9 Å². The number of nitrogen functional groups attached to an aromatic ring is 1. The molecule has 3 aromatic carbocycles. The Morgan fingerprint density at radius 3 is 2.58 bits per heavy atom. The third-order valence-electron chi connectivity index (χ3n) is 5.83. The highest BCUT2D eigenvalue weighted by atomic mass is 32.2. The van der Waals surface area contributed by atoms with Gasteiger partial charge in [-0.1, -0.05) is 6.07 Å². The van der Waals surface area contributed by atoms with Crippen molar-refractivity contribution in [3.63, 3.8) is 0 Å². The van der Waals surface area contributed by atoms with Crippen LogP contribution in [0.5, 0.6) is 0 Å². The molecule has 0 radical (unpaired) electrons. The maximum atomic E-state index is 13.1. The van der Waals surface area contributed by atoms with Gasteiger partial charge in [-0.15, -0.1) is 23.1 Å². The van der Waals surface area contributed by atoms with Crippen LogP contribution in [0, 0.1) is 5.82 Å². The van der Waals surface area contributed by atoms with Crippen LogP contribution in [-0.2, 0) is 19.1 Å². The Bertz CT molecular complexity index is 1590. The largest absolute Gasteiger partial charge is 0.452 e. The quantitative estimate of drug-likeness (QED) is 0.175. The van der Waals surface area contributed by atoms with Crippen molar-refractivity contribution in [3.8, 4) is 11.3 Å². The van der Waals surface area contributed by atoms with E-state index in [2.05, 4.69) is 10.3 Å². The summed E-state index contributed by atoms with van der Waals surface area (Å²) in [5, 5.41) is 3.99. The fourth-order valence-corrected chi connectivity index (χ4v) is 5.78. The number of nitrogens with zero attached hydrogens (tertiary/aromatic N) is 2. The number of nitrogens with two attached hydrogens (primary N) is 1. The number of esters is 1. The first-order chi connectivity index (χ1) is 19.3. The molecule has 0 aliphatic carbocycles. The van der Waals surface area contributed by atoms with Gasteiger partial charge in [0.1, 0.15) is 5.82 Å². The van der Waals surface area contributed by atoms with Gasteiger partial charge in [0.25, 0.3) is 5.91 Å². The SMILES string of the molecule is Nc1cccc(SC2CC(=O)N(c3ccc(C(=O)OCC(=O)Nc4nc(-c5ccc(F)cc5)cs4)cc3)C2=O)c1. The van der Waals surface area contributed by atoms with Crippen LogP contribution in [0.15, 0.2) is 83.1 Å². The Kier molecular flexibility index (Phi) is 7.89. The van der Waals surface area contributed by atoms with Gasteiger partial charge in [-0.25, -0.2) is 19.1 Å². The fourth-order valence-electron chi connectivity index (χ4n) is 3.92. The molecule has 202 valence electrons. The van der Waals surface area contributed by atoms with Gasteiger partial charge in [0.2, 0.25) is 11.8 Å². The van der Waals surface area contributed by atoms with Crippen molar-refractivity contribution in [3.05, 3.63) is 89.6 Å². The molecule has 1 aliphatic heterocycles. The summed E-state index contributed by atoms with van der Waals surface area (Å²) in [6.07, 6.45) is 0.0433. The number of hydrogen-bond donors (Lipinski definition) is 2. The topological polar surface area (TPSA) is 132 Å². The number of carbonyl (C=O) groups is 4. The predicted octanol–water partition coefficient (Wildman–Crippen LogP) is 4.75. The number of amides is 3. The minimum absolute atomic E-state index is 0.0433. The van der Waals surface area contributed by atoms with Gasteiger partial charge in [0.05, 0.1) is 22.2 Å². The van der Waals surface area contributed by atoms with Crippen LogP contribution >= 0.6 is 23.1 Å². The van der Waals surface area contributed by atoms with Crippen molar-refractivity contribution < 1.29 is 28.3 Å². The molecule has 1 unspecified atom stereocenters. The number of thiazole rings is 1. The van der Waals surface area contributed by atoms with Crippen LogP contribution in [0.1, 0.15) is 16.8 Å². The van der Waals surface area contributed by atoms with Crippen molar-refractivity contribution in [2.24, 2.45) is 0 Å². The molecule has 1 fully saturated rings. The van der Waals surface area contributed by atoms with Crippen LogP contribution < -0.4 is 16.0 Å². The molecule has 4 aromatic rings. The van der Waals surface area contributed by atoms with E-state index in [0.29, 0.717) is 27.8 Å². The van der Waals surface area contributed by atoms with Crippen LogP contribution in [0.2, 0.25) is 0 Å². The van der Waals surface area contributed by atoms with Gasteiger partial charge in [0, 0.05) is 27.9 Å². The average molecular weight is 577 g/mol. The standard InChI is InChI=1S/C28H21FN4O5S2/c29-18-8-4-16(5-9-18)22-15-39-28(31-22)32-24(34)14-38-27(37)17-6-10-20(11-7-17)33-25(35)13-23(26(33)36)40-21-3-1-2-19(30)12-21/h1-12,15,23H,13-14,30H2,(H,31,32,34). The van der Waals surface area contributed by atoms with Crippen molar-refractivity contribution >= 4 is 63.3 Å². The second-order valence-electron chi connectivity index (χ2n) is 8.67. The Labute approximate surface area is 236 Å². The molecule has 0 bridgehead atoms. The second kappa shape index (κ2) is 11.7. The number of hydrogen-bond acceptors (Lipinski definition) is 9. The monoisotopic (exact) mass is 576 g/mol. The van der Waals surface area contributed by atoms with Gasteiger partial charge in [-0.3, -0.25) is 19.7 Å². The smallest absolute Gasteiger partial charge is 0.338 e. The maximum absolute atomic E-state index is 13.1. The number of thioether (sulfide) groups is 1. The summed E-state index contributed by atoms with van der Waals surface area (Å²) in [4.78, 5) is 56.4. The molecule has 12 heteroatoms. The Morgan fingerprint density at radius 2 is 1.85 bits per heavy atom. The number of aromatic nitrogens is 1. The summed E-state index contributed by atoms with van der Waals surface area (Å²) in [5.74, 6) is -2.39. The van der Waals surface area contributed by atoms with E-state index in [1.165, 1.54) is 59.5 Å². The highest BCUT2D eigenvalue weighted by Crippen LogP contribution is 2.34. The van der Waals surface area contributed by atoms with E-state index >= 15 is 0 Å². The number of imide groups is 1. The zero-order valence-corrected chi connectivity index (χ0v) is 22.3. The Hall–Kier alpha value is -4.55. The van der Waals surface area contributed by atoms with E-state index in [0.717, 1.165) is 9.80 Å². The fraction of sp³-hybridized carbons (Fsp3) is 0.107.